The highest BCUT2D eigenvalue weighted by atomic mass is 32.1. The lowest BCUT2D eigenvalue weighted by atomic mass is 10.1. The number of aromatic nitrogens is 5. The Bertz CT molecular complexity index is 1160. The van der Waals surface area contributed by atoms with Gasteiger partial charge < -0.3 is 4.90 Å². The van der Waals surface area contributed by atoms with Crippen molar-refractivity contribution in [1.82, 2.24) is 29.9 Å². The monoisotopic (exact) mass is 424 g/mol. The molecule has 0 unspecified atom stereocenters. The van der Waals surface area contributed by atoms with Crippen LogP contribution in [-0.4, -0.2) is 49.4 Å². The summed E-state index contributed by atoms with van der Waals surface area (Å²) in [6.07, 6.45) is 5.11. The van der Waals surface area contributed by atoms with Crippen molar-refractivity contribution in [2.24, 2.45) is 7.05 Å². The first kappa shape index (κ1) is 20.0. The van der Waals surface area contributed by atoms with Crippen LogP contribution in [0, 0.1) is 5.82 Å². The first-order valence-electron chi connectivity index (χ1n) is 9.50. The van der Waals surface area contributed by atoms with Crippen molar-refractivity contribution >= 4 is 17.2 Å². The standard InChI is InChI=1S/C21H21FN6OS/c1-27(21(29)19-13-30-20(24-19)15-11-23-28(2)12-15)8-4-7-17-10-18(26-25-17)14-5-3-6-16(22)9-14/h3,5-6,9-13H,4,7-8H2,1-2H3,(H,25,26). The molecule has 7 nitrogen and oxygen atoms in total. The number of benzene rings is 1. The molecule has 0 fully saturated rings. The van der Waals surface area contributed by atoms with Gasteiger partial charge in [-0.1, -0.05) is 12.1 Å². The summed E-state index contributed by atoms with van der Waals surface area (Å²) >= 11 is 1.43. The number of nitrogens with zero attached hydrogens (tertiary/aromatic N) is 5. The van der Waals surface area contributed by atoms with Gasteiger partial charge in [0.1, 0.15) is 16.5 Å². The van der Waals surface area contributed by atoms with Crippen LogP contribution in [0.2, 0.25) is 0 Å². The van der Waals surface area contributed by atoms with Crippen LogP contribution in [0.1, 0.15) is 22.6 Å². The molecule has 1 aromatic carbocycles. The van der Waals surface area contributed by atoms with Crippen LogP contribution in [0.15, 0.2) is 48.1 Å². The molecule has 30 heavy (non-hydrogen) atoms. The zero-order chi connectivity index (χ0) is 21.1. The molecule has 4 aromatic rings. The van der Waals surface area contributed by atoms with Crippen LogP contribution in [0.3, 0.4) is 0 Å². The van der Waals surface area contributed by atoms with E-state index in [2.05, 4.69) is 20.3 Å². The lowest BCUT2D eigenvalue weighted by Gasteiger charge is -2.15. The number of carbonyl (C=O) groups is 1. The largest absolute Gasteiger partial charge is 0.340 e. The number of H-pyrrole nitrogens is 1. The van der Waals surface area contributed by atoms with Gasteiger partial charge in [-0.05, 0) is 31.0 Å². The second-order valence-electron chi connectivity index (χ2n) is 7.06. The van der Waals surface area contributed by atoms with Crippen molar-refractivity contribution in [2.75, 3.05) is 13.6 Å². The molecule has 9 heteroatoms. The molecule has 0 aliphatic heterocycles. The Labute approximate surface area is 177 Å². The van der Waals surface area contributed by atoms with Crippen molar-refractivity contribution in [3.63, 3.8) is 0 Å². The third-order valence-electron chi connectivity index (χ3n) is 4.71. The predicted octanol–water partition coefficient (Wildman–Crippen LogP) is 3.78. The fraction of sp³-hybridized carbons (Fsp3) is 0.238. The summed E-state index contributed by atoms with van der Waals surface area (Å²) in [5.74, 6) is -0.391. The minimum Gasteiger partial charge on any atom is -0.340 e. The third kappa shape index (κ3) is 4.46. The van der Waals surface area contributed by atoms with Crippen molar-refractivity contribution in [3.05, 3.63) is 65.3 Å². The van der Waals surface area contributed by atoms with Gasteiger partial charge in [-0.15, -0.1) is 11.3 Å². The molecule has 3 aromatic heterocycles. The zero-order valence-corrected chi connectivity index (χ0v) is 17.5. The van der Waals surface area contributed by atoms with Gasteiger partial charge in [0.05, 0.1) is 11.9 Å². The first-order valence-corrected chi connectivity index (χ1v) is 10.4. The van der Waals surface area contributed by atoms with Crippen LogP contribution in [0.4, 0.5) is 4.39 Å². The first-order chi connectivity index (χ1) is 14.5. The van der Waals surface area contributed by atoms with Crippen molar-refractivity contribution in [3.8, 4) is 21.8 Å². The number of aromatic amines is 1. The van der Waals surface area contributed by atoms with Crippen molar-refractivity contribution in [1.29, 1.82) is 0 Å². The van der Waals surface area contributed by atoms with Gasteiger partial charge in [0.25, 0.3) is 5.91 Å². The van der Waals surface area contributed by atoms with Gasteiger partial charge >= 0.3 is 0 Å². The number of halogens is 1. The van der Waals surface area contributed by atoms with E-state index in [9.17, 15) is 9.18 Å². The number of thiazole rings is 1. The SMILES string of the molecule is CN(CCCc1cc(-c2cccc(F)c2)n[nH]1)C(=O)c1csc(-c2cnn(C)c2)n1. The minimum atomic E-state index is -0.286. The molecule has 1 N–H and O–H groups in total. The maximum Gasteiger partial charge on any atom is 0.273 e. The molecule has 0 aliphatic carbocycles. The Morgan fingerprint density at radius 2 is 2.17 bits per heavy atom. The minimum absolute atomic E-state index is 0.105. The Morgan fingerprint density at radius 3 is 2.93 bits per heavy atom. The number of hydrogen-bond donors (Lipinski definition) is 1. The molecule has 4 rings (SSSR count). The Balaban J connectivity index is 1.31. The molecule has 3 heterocycles. The van der Waals surface area contributed by atoms with Gasteiger partial charge in [0, 0.05) is 49.0 Å². The van der Waals surface area contributed by atoms with Crippen LogP contribution >= 0.6 is 11.3 Å². The number of carbonyl (C=O) groups excluding carboxylic acids is 1. The Kier molecular flexibility index (Phi) is 5.71. The molecule has 1 amide bonds. The summed E-state index contributed by atoms with van der Waals surface area (Å²) in [6.45, 7) is 0.590. The lowest BCUT2D eigenvalue weighted by molar-refractivity contribution is 0.0788. The van der Waals surface area contributed by atoms with E-state index in [4.69, 9.17) is 0 Å². The smallest absolute Gasteiger partial charge is 0.273 e. The van der Waals surface area contributed by atoms with E-state index in [1.807, 2.05) is 25.4 Å². The summed E-state index contributed by atoms with van der Waals surface area (Å²) in [4.78, 5) is 18.8. The molecule has 0 radical (unpaired) electrons. The molecule has 0 saturated heterocycles. The molecular formula is C21H21FN6OS. The van der Waals surface area contributed by atoms with E-state index >= 15 is 0 Å². The van der Waals surface area contributed by atoms with Crippen LogP contribution in [0.25, 0.3) is 21.8 Å². The molecule has 0 bridgehead atoms. The van der Waals surface area contributed by atoms with Crippen molar-refractivity contribution in [2.45, 2.75) is 12.8 Å². The number of amides is 1. The average Bonchev–Trinajstić information content (AvgIpc) is 3.48. The second kappa shape index (κ2) is 8.58. The molecule has 0 atom stereocenters. The fourth-order valence-corrected chi connectivity index (χ4v) is 3.89. The van der Waals surface area contributed by atoms with E-state index in [0.717, 1.165) is 34.7 Å². The van der Waals surface area contributed by atoms with E-state index in [-0.39, 0.29) is 11.7 Å². The van der Waals surface area contributed by atoms with E-state index in [1.54, 1.807) is 34.3 Å². The van der Waals surface area contributed by atoms with Crippen LogP contribution in [-0.2, 0) is 13.5 Å². The maximum absolute atomic E-state index is 13.4. The summed E-state index contributed by atoms with van der Waals surface area (Å²) in [7, 11) is 3.62. The molecule has 154 valence electrons. The molecule has 0 saturated carbocycles. The number of hydrogen-bond acceptors (Lipinski definition) is 5. The fourth-order valence-electron chi connectivity index (χ4n) is 3.13. The maximum atomic E-state index is 13.4. The highest BCUT2D eigenvalue weighted by Gasteiger charge is 2.16. The van der Waals surface area contributed by atoms with Gasteiger partial charge in [0.15, 0.2) is 0 Å². The molecule has 0 aliphatic rings. The van der Waals surface area contributed by atoms with E-state index in [0.29, 0.717) is 17.9 Å². The summed E-state index contributed by atoms with van der Waals surface area (Å²) < 4.78 is 15.1. The van der Waals surface area contributed by atoms with Crippen molar-refractivity contribution < 1.29 is 9.18 Å². The highest BCUT2D eigenvalue weighted by Crippen LogP contribution is 2.23. The van der Waals surface area contributed by atoms with Gasteiger partial charge in [0.2, 0.25) is 0 Å². The van der Waals surface area contributed by atoms with Gasteiger partial charge in [-0.3, -0.25) is 14.6 Å². The van der Waals surface area contributed by atoms with Gasteiger partial charge in [-0.25, -0.2) is 9.37 Å². The Morgan fingerprint density at radius 1 is 1.30 bits per heavy atom. The van der Waals surface area contributed by atoms with E-state index in [1.165, 1.54) is 23.5 Å². The molecular weight excluding hydrogens is 403 g/mol. The topological polar surface area (TPSA) is 79.7 Å². The third-order valence-corrected chi connectivity index (χ3v) is 5.60. The summed E-state index contributed by atoms with van der Waals surface area (Å²) in [6, 6.07) is 8.27. The number of nitrogens with one attached hydrogen (secondary N) is 1. The lowest BCUT2D eigenvalue weighted by Crippen LogP contribution is -2.28. The number of aryl methyl sites for hydroxylation is 2. The summed E-state index contributed by atoms with van der Waals surface area (Å²) in [5.41, 5.74) is 3.73. The zero-order valence-electron chi connectivity index (χ0n) is 16.7. The highest BCUT2D eigenvalue weighted by molar-refractivity contribution is 7.13. The predicted molar refractivity (Wildman–Crippen MR) is 114 cm³/mol. The second-order valence-corrected chi connectivity index (χ2v) is 7.92. The van der Waals surface area contributed by atoms with Crippen LogP contribution in [0.5, 0.6) is 0 Å². The molecule has 0 spiro atoms. The average molecular weight is 425 g/mol. The quantitative estimate of drug-likeness (QED) is 0.490. The number of rotatable bonds is 7. The summed E-state index contributed by atoms with van der Waals surface area (Å²) in [5, 5.41) is 13.9. The van der Waals surface area contributed by atoms with Crippen LogP contribution < -0.4 is 0 Å². The van der Waals surface area contributed by atoms with E-state index < -0.39 is 0 Å². The van der Waals surface area contributed by atoms with Gasteiger partial charge in [-0.2, -0.15) is 10.2 Å². The normalized spacial score (nSPS) is 11.0. The Hall–Kier alpha value is -3.33.